The fourth-order valence-electron chi connectivity index (χ4n) is 4.11. The average molecular weight is 494 g/mol. The third-order valence-electron chi connectivity index (χ3n) is 6.15. The van der Waals surface area contributed by atoms with E-state index in [4.69, 9.17) is 4.18 Å². The number of halogens is 2. The highest BCUT2D eigenvalue weighted by Crippen LogP contribution is 2.33. The number of aryl methyl sites for hydroxylation is 1. The Kier molecular flexibility index (Phi) is 6.94. The molecule has 2 aliphatic rings. The van der Waals surface area contributed by atoms with Crippen molar-refractivity contribution in [3.05, 3.63) is 62.6 Å². The molecule has 0 radical (unpaired) electrons. The summed E-state index contributed by atoms with van der Waals surface area (Å²) in [7, 11) is 0. The maximum absolute atomic E-state index is 14.1. The summed E-state index contributed by atoms with van der Waals surface area (Å²) in [5.74, 6) is -3.65. The van der Waals surface area contributed by atoms with Crippen LogP contribution in [-0.2, 0) is 23.7 Å². The van der Waals surface area contributed by atoms with Gasteiger partial charge in [-0.3, -0.25) is 14.4 Å². The molecule has 2 atom stereocenters. The second-order valence-electron chi connectivity index (χ2n) is 8.26. The van der Waals surface area contributed by atoms with E-state index < -0.39 is 34.6 Å². The van der Waals surface area contributed by atoms with Crippen molar-refractivity contribution in [1.29, 1.82) is 0 Å². The van der Waals surface area contributed by atoms with E-state index in [-0.39, 0.29) is 41.4 Å². The molecule has 1 aromatic heterocycles. The van der Waals surface area contributed by atoms with E-state index in [1.165, 1.54) is 16.8 Å². The van der Waals surface area contributed by atoms with Gasteiger partial charge in [-0.15, -0.1) is 0 Å². The van der Waals surface area contributed by atoms with Crippen LogP contribution in [0.3, 0.4) is 0 Å². The van der Waals surface area contributed by atoms with Crippen molar-refractivity contribution in [1.82, 2.24) is 14.8 Å². The molecular formula is C23H25F2N3O5S. The van der Waals surface area contributed by atoms with Crippen LogP contribution in [0.4, 0.5) is 8.78 Å². The lowest BCUT2D eigenvalue weighted by Gasteiger charge is -2.35. The molecule has 1 aromatic carbocycles. The fourth-order valence-corrected chi connectivity index (χ4v) is 5.15. The molecule has 182 valence electrons. The SMILES string of the molecule is CCc1cc(CNC(=O)c2cn3c(c(O)c2=O)C(=O)N2CCC(CC)OSC2C3)c(F)cc1F. The summed E-state index contributed by atoms with van der Waals surface area (Å²) in [6.07, 6.45) is 2.98. The van der Waals surface area contributed by atoms with Gasteiger partial charge in [0.15, 0.2) is 11.4 Å². The molecule has 2 N–H and O–H groups in total. The van der Waals surface area contributed by atoms with E-state index in [1.54, 1.807) is 11.8 Å². The van der Waals surface area contributed by atoms with Gasteiger partial charge in [-0.1, -0.05) is 13.8 Å². The highest BCUT2D eigenvalue weighted by molar-refractivity contribution is 7.95. The Labute approximate surface area is 199 Å². The minimum Gasteiger partial charge on any atom is -0.503 e. The van der Waals surface area contributed by atoms with Crippen molar-refractivity contribution in [2.75, 3.05) is 6.54 Å². The number of carbonyl (C=O) groups excluding carboxylic acids is 2. The summed E-state index contributed by atoms with van der Waals surface area (Å²) in [5, 5.41) is 12.6. The summed E-state index contributed by atoms with van der Waals surface area (Å²) in [6.45, 7) is 4.06. The summed E-state index contributed by atoms with van der Waals surface area (Å²) >= 11 is 1.16. The number of hydrogen-bond donors (Lipinski definition) is 2. The van der Waals surface area contributed by atoms with Gasteiger partial charge in [0.05, 0.1) is 12.6 Å². The van der Waals surface area contributed by atoms with E-state index in [0.29, 0.717) is 24.9 Å². The average Bonchev–Trinajstić information content (AvgIpc) is 3.03. The van der Waals surface area contributed by atoms with Crippen molar-refractivity contribution >= 4 is 23.9 Å². The number of amides is 2. The van der Waals surface area contributed by atoms with Crippen LogP contribution in [0.15, 0.2) is 23.1 Å². The van der Waals surface area contributed by atoms with Crippen LogP contribution >= 0.6 is 12.0 Å². The van der Waals surface area contributed by atoms with E-state index in [9.17, 15) is 28.3 Å². The Morgan fingerprint density at radius 1 is 1.24 bits per heavy atom. The molecule has 0 saturated carbocycles. The van der Waals surface area contributed by atoms with Gasteiger partial charge in [-0.05, 0) is 30.9 Å². The van der Waals surface area contributed by atoms with Crippen LogP contribution < -0.4 is 10.7 Å². The fraction of sp³-hybridized carbons (Fsp3) is 0.435. The number of nitrogens with one attached hydrogen (secondary N) is 1. The minimum absolute atomic E-state index is 0.0124. The van der Waals surface area contributed by atoms with E-state index >= 15 is 0 Å². The number of nitrogens with zero attached hydrogens (tertiary/aromatic N) is 2. The van der Waals surface area contributed by atoms with Gasteiger partial charge in [-0.25, -0.2) is 8.78 Å². The molecule has 0 spiro atoms. The topological polar surface area (TPSA) is 101 Å². The van der Waals surface area contributed by atoms with E-state index in [0.717, 1.165) is 24.5 Å². The maximum atomic E-state index is 14.1. The van der Waals surface area contributed by atoms with Crippen LogP contribution in [0.25, 0.3) is 0 Å². The zero-order valence-electron chi connectivity index (χ0n) is 18.8. The standard InChI is InChI=1S/C23H25F2N3O5S/c1-3-12-7-13(17(25)8-16(12)24)9-26-22(31)15-10-27-11-18-28(6-5-14(4-2)33-34-18)23(32)19(27)21(30)20(15)29/h7-8,10,14,18,30H,3-6,9,11H2,1-2H3,(H,26,31). The highest BCUT2D eigenvalue weighted by Gasteiger charge is 2.39. The van der Waals surface area contributed by atoms with Crippen LogP contribution in [0, 0.1) is 11.6 Å². The van der Waals surface area contributed by atoms with Gasteiger partial charge in [0.1, 0.15) is 22.6 Å². The smallest absolute Gasteiger partial charge is 0.275 e. The lowest BCUT2D eigenvalue weighted by Crippen LogP contribution is -2.47. The third-order valence-corrected chi connectivity index (χ3v) is 7.16. The zero-order valence-corrected chi connectivity index (χ0v) is 19.6. The van der Waals surface area contributed by atoms with Crippen molar-refractivity contribution in [2.45, 2.75) is 57.7 Å². The normalized spacial score (nSPS) is 19.9. The first-order valence-corrected chi connectivity index (χ1v) is 11.9. The van der Waals surface area contributed by atoms with Crippen LogP contribution in [0.2, 0.25) is 0 Å². The lowest BCUT2D eigenvalue weighted by molar-refractivity contribution is 0.0666. The third kappa shape index (κ3) is 4.41. The second-order valence-corrected chi connectivity index (χ2v) is 9.19. The first kappa shape index (κ1) is 24.2. The predicted molar refractivity (Wildman–Crippen MR) is 121 cm³/mol. The van der Waals surface area contributed by atoms with Crippen molar-refractivity contribution < 1.29 is 27.7 Å². The first-order valence-electron chi connectivity index (χ1n) is 11.1. The van der Waals surface area contributed by atoms with Crippen molar-refractivity contribution in [2.24, 2.45) is 0 Å². The summed E-state index contributed by atoms with van der Waals surface area (Å²) in [5.41, 5.74) is -1.18. The lowest BCUT2D eigenvalue weighted by atomic mass is 10.1. The molecule has 0 aliphatic carbocycles. The molecule has 11 heteroatoms. The highest BCUT2D eigenvalue weighted by atomic mass is 32.2. The predicted octanol–water partition coefficient (Wildman–Crippen LogP) is 2.95. The number of aromatic hydroxyl groups is 1. The van der Waals surface area contributed by atoms with E-state index in [2.05, 4.69) is 5.32 Å². The molecule has 2 aliphatic heterocycles. The molecule has 2 aromatic rings. The number of pyridine rings is 1. The number of hydrogen-bond acceptors (Lipinski definition) is 6. The van der Waals surface area contributed by atoms with Gasteiger partial charge in [-0.2, -0.15) is 0 Å². The van der Waals surface area contributed by atoms with Crippen LogP contribution in [0.5, 0.6) is 5.75 Å². The Balaban J connectivity index is 1.59. The second kappa shape index (κ2) is 9.75. The molecule has 3 heterocycles. The number of aromatic nitrogens is 1. The van der Waals surface area contributed by atoms with Crippen LogP contribution in [0.1, 0.15) is 58.7 Å². The largest absolute Gasteiger partial charge is 0.503 e. The number of benzene rings is 1. The summed E-state index contributed by atoms with van der Waals surface area (Å²) in [4.78, 5) is 40.1. The van der Waals surface area contributed by atoms with Crippen molar-refractivity contribution in [3.8, 4) is 5.75 Å². The van der Waals surface area contributed by atoms with Gasteiger partial charge in [0, 0.05) is 43.0 Å². The Hall–Kier alpha value is -2.92. The Morgan fingerprint density at radius 3 is 2.68 bits per heavy atom. The van der Waals surface area contributed by atoms with Gasteiger partial charge >= 0.3 is 0 Å². The maximum Gasteiger partial charge on any atom is 0.275 e. The molecule has 4 rings (SSSR count). The Morgan fingerprint density at radius 2 is 1.97 bits per heavy atom. The van der Waals surface area contributed by atoms with E-state index in [1.807, 2.05) is 6.92 Å². The first-order chi connectivity index (χ1) is 16.2. The molecule has 2 unspecified atom stereocenters. The van der Waals surface area contributed by atoms with Gasteiger partial charge < -0.3 is 24.1 Å². The Bertz CT molecular complexity index is 1200. The number of carbonyl (C=O) groups is 2. The molecule has 1 fully saturated rings. The monoisotopic (exact) mass is 493 g/mol. The molecule has 0 bridgehead atoms. The molecular weight excluding hydrogens is 468 g/mol. The van der Waals surface area contributed by atoms with Crippen molar-refractivity contribution in [3.63, 3.8) is 0 Å². The molecule has 34 heavy (non-hydrogen) atoms. The summed E-state index contributed by atoms with van der Waals surface area (Å²) in [6, 6.07) is 2.08. The number of rotatable bonds is 5. The molecule has 2 amide bonds. The van der Waals surface area contributed by atoms with Gasteiger partial charge in [0.2, 0.25) is 5.43 Å². The van der Waals surface area contributed by atoms with Crippen LogP contribution in [-0.4, -0.2) is 44.4 Å². The van der Waals surface area contributed by atoms with Gasteiger partial charge in [0.25, 0.3) is 11.8 Å². The molecule has 1 saturated heterocycles. The minimum atomic E-state index is -0.991. The summed E-state index contributed by atoms with van der Waals surface area (Å²) < 4.78 is 35.0. The zero-order chi connectivity index (χ0) is 24.6. The quantitative estimate of drug-likeness (QED) is 0.622. The number of fused-ring (bicyclic) bond motifs is 2. The molecule has 8 nitrogen and oxygen atoms in total.